The zero-order chi connectivity index (χ0) is 9.71. The van der Waals surface area contributed by atoms with Gasteiger partial charge in [-0.3, -0.25) is 0 Å². The molecule has 0 unspecified atom stereocenters. The predicted octanol–water partition coefficient (Wildman–Crippen LogP) is 2.43. The molecular weight excluding hydrogens is 172 g/mol. The first kappa shape index (κ1) is 8.25. The van der Waals surface area contributed by atoms with Crippen LogP contribution in [-0.2, 0) is 0 Å². The molecule has 0 amide bonds. The Morgan fingerprint density at radius 3 is 2.71 bits per heavy atom. The molecule has 72 valence electrons. The molecule has 1 heteroatoms. The number of allylic oxidation sites excluding steroid dienone is 1. The van der Waals surface area contributed by atoms with Gasteiger partial charge in [0.25, 0.3) is 0 Å². The number of aliphatic hydroxyl groups excluding tert-OH is 1. The Hall–Kier alpha value is -1.08. The summed E-state index contributed by atoms with van der Waals surface area (Å²) in [5, 5.41) is 9.92. The van der Waals surface area contributed by atoms with Crippen LogP contribution in [0.4, 0.5) is 0 Å². The number of benzene rings is 1. The highest BCUT2D eigenvalue weighted by molar-refractivity contribution is 5.45. The highest BCUT2D eigenvalue weighted by atomic mass is 16.3. The van der Waals surface area contributed by atoms with Gasteiger partial charge in [-0.05, 0) is 29.4 Å². The van der Waals surface area contributed by atoms with Crippen LogP contribution in [0.2, 0.25) is 0 Å². The fraction of sp³-hybridized carbons (Fsp3) is 0.385. The maximum Gasteiger partial charge on any atom is 0.0620 e. The molecule has 0 spiro atoms. The molecule has 0 heterocycles. The van der Waals surface area contributed by atoms with E-state index in [4.69, 9.17) is 0 Å². The zero-order valence-corrected chi connectivity index (χ0v) is 8.06. The van der Waals surface area contributed by atoms with Crippen molar-refractivity contribution in [1.29, 1.82) is 0 Å². The van der Waals surface area contributed by atoms with Crippen LogP contribution < -0.4 is 0 Å². The standard InChI is InChI=1S/C13H14O/c1-2-8-11-7-12(14)13(8)10-6-4-3-5-9(10)11/h2-6,8,11-14H,1,7H2/t8-,11+,12+,13-/m1/s1. The van der Waals surface area contributed by atoms with Gasteiger partial charge in [0.05, 0.1) is 6.10 Å². The second kappa shape index (κ2) is 2.71. The van der Waals surface area contributed by atoms with Gasteiger partial charge in [0.1, 0.15) is 0 Å². The van der Waals surface area contributed by atoms with Crippen LogP contribution >= 0.6 is 0 Å². The lowest BCUT2D eigenvalue weighted by molar-refractivity contribution is 0.155. The number of fused-ring (bicyclic) bond motifs is 5. The number of rotatable bonds is 1. The van der Waals surface area contributed by atoms with E-state index < -0.39 is 0 Å². The van der Waals surface area contributed by atoms with E-state index in [0.29, 0.717) is 17.8 Å². The van der Waals surface area contributed by atoms with E-state index in [1.54, 1.807) is 0 Å². The normalized spacial score (nSPS) is 38.4. The molecule has 14 heavy (non-hydrogen) atoms. The van der Waals surface area contributed by atoms with Gasteiger partial charge in [-0.2, -0.15) is 0 Å². The van der Waals surface area contributed by atoms with Gasteiger partial charge in [0.2, 0.25) is 0 Å². The quantitative estimate of drug-likeness (QED) is 0.668. The number of aliphatic hydroxyl groups is 1. The van der Waals surface area contributed by atoms with Crippen molar-refractivity contribution in [3.05, 3.63) is 48.0 Å². The summed E-state index contributed by atoms with van der Waals surface area (Å²) in [6.45, 7) is 3.89. The van der Waals surface area contributed by atoms with Crippen molar-refractivity contribution in [1.82, 2.24) is 0 Å². The van der Waals surface area contributed by atoms with Crippen molar-refractivity contribution in [2.45, 2.75) is 24.4 Å². The minimum Gasteiger partial charge on any atom is -0.392 e. The summed E-state index contributed by atoms with van der Waals surface area (Å²) in [6, 6.07) is 8.50. The van der Waals surface area contributed by atoms with E-state index in [-0.39, 0.29) is 6.10 Å². The topological polar surface area (TPSA) is 20.2 Å². The summed E-state index contributed by atoms with van der Waals surface area (Å²) in [5.41, 5.74) is 2.79. The fourth-order valence-electron chi connectivity index (χ4n) is 3.28. The Morgan fingerprint density at radius 2 is 2.00 bits per heavy atom. The third kappa shape index (κ3) is 0.833. The SMILES string of the molecule is C=C[C@H]1[C@@H]2c3ccccc3[C@H]1C[C@@H]2O. The zero-order valence-electron chi connectivity index (χ0n) is 8.06. The smallest absolute Gasteiger partial charge is 0.0620 e. The predicted molar refractivity (Wildman–Crippen MR) is 56.2 cm³/mol. The first-order valence-corrected chi connectivity index (χ1v) is 5.22. The minimum absolute atomic E-state index is 0.155. The van der Waals surface area contributed by atoms with Crippen LogP contribution in [0.15, 0.2) is 36.9 Å². The van der Waals surface area contributed by atoms with Crippen molar-refractivity contribution in [2.24, 2.45) is 5.92 Å². The van der Waals surface area contributed by atoms with Crippen molar-refractivity contribution in [3.8, 4) is 0 Å². The van der Waals surface area contributed by atoms with Crippen molar-refractivity contribution in [2.75, 3.05) is 0 Å². The van der Waals surface area contributed by atoms with Crippen LogP contribution in [0.25, 0.3) is 0 Å². The fourth-order valence-corrected chi connectivity index (χ4v) is 3.28. The summed E-state index contributed by atoms with van der Waals surface area (Å²) in [7, 11) is 0. The van der Waals surface area contributed by atoms with E-state index >= 15 is 0 Å². The highest BCUT2D eigenvalue weighted by Gasteiger charge is 2.49. The molecule has 1 aromatic carbocycles. The molecule has 0 saturated heterocycles. The molecule has 2 bridgehead atoms. The average molecular weight is 186 g/mol. The molecule has 2 aliphatic carbocycles. The van der Waals surface area contributed by atoms with E-state index in [1.807, 2.05) is 6.08 Å². The van der Waals surface area contributed by atoms with Crippen LogP contribution in [0, 0.1) is 5.92 Å². The maximum absolute atomic E-state index is 9.92. The van der Waals surface area contributed by atoms with Gasteiger partial charge in [-0.1, -0.05) is 30.3 Å². The molecule has 3 rings (SSSR count). The second-order valence-corrected chi connectivity index (χ2v) is 4.38. The van der Waals surface area contributed by atoms with Crippen LogP contribution in [0.3, 0.4) is 0 Å². The van der Waals surface area contributed by atoms with Gasteiger partial charge in [-0.25, -0.2) is 0 Å². The monoisotopic (exact) mass is 186 g/mol. The molecule has 4 atom stereocenters. The third-order valence-electron chi connectivity index (χ3n) is 3.82. The molecule has 2 aliphatic rings. The molecule has 0 aromatic heterocycles. The molecule has 1 nitrogen and oxygen atoms in total. The summed E-state index contributed by atoms with van der Waals surface area (Å²) < 4.78 is 0. The molecular formula is C13H14O. The maximum atomic E-state index is 9.92. The van der Waals surface area contributed by atoms with E-state index in [0.717, 1.165) is 6.42 Å². The minimum atomic E-state index is -0.155. The Kier molecular flexibility index (Phi) is 1.59. The average Bonchev–Trinajstić information content (AvgIpc) is 2.69. The lowest BCUT2D eigenvalue weighted by atomic mass is 9.90. The first-order valence-electron chi connectivity index (χ1n) is 5.22. The molecule has 1 aromatic rings. The highest BCUT2D eigenvalue weighted by Crippen LogP contribution is 2.57. The summed E-state index contributed by atoms with van der Waals surface area (Å²) in [4.78, 5) is 0. The van der Waals surface area contributed by atoms with Crippen LogP contribution in [-0.4, -0.2) is 11.2 Å². The first-order chi connectivity index (χ1) is 6.83. The van der Waals surface area contributed by atoms with Crippen LogP contribution in [0.1, 0.15) is 29.4 Å². The lowest BCUT2D eigenvalue weighted by Gasteiger charge is -2.19. The molecule has 1 saturated carbocycles. The van der Waals surface area contributed by atoms with Gasteiger partial charge in [0.15, 0.2) is 0 Å². The third-order valence-corrected chi connectivity index (χ3v) is 3.82. The Morgan fingerprint density at radius 1 is 1.29 bits per heavy atom. The van der Waals surface area contributed by atoms with E-state index in [9.17, 15) is 5.11 Å². The Labute approximate surface area is 84.1 Å². The van der Waals surface area contributed by atoms with Crippen LogP contribution in [0.5, 0.6) is 0 Å². The van der Waals surface area contributed by atoms with Gasteiger partial charge in [-0.15, -0.1) is 6.58 Å². The van der Waals surface area contributed by atoms with Gasteiger partial charge < -0.3 is 5.11 Å². The molecule has 1 fully saturated rings. The largest absolute Gasteiger partial charge is 0.392 e. The molecule has 0 radical (unpaired) electrons. The Bertz CT molecular complexity index is 383. The van der Waals surface area contributed by atoms with E-state index in [2.05, 4.69) is 30.8 Å². The molecule has 1 N–H and O–H groups in total. The molecule has 0 aliphatic heterocycles. The summed E-state index contributed by atoms with van der Waals surface area (Å²) in [5.74, 6) is 1.29. The van der Waals surface area contributed by atoms with E-state index in [1.165, 1.54) is 11.1 Å². The summed E-state index contributed by atoms with van der Waals surface area (Å²) >= 11 is 0. The number of hydrogen-bond acceptors (Lipinski definition) is 1. The van der Waals surface area contributed by atoms with Gasteiger partial charge >= 0.3 is 0 Å². The lowest BCUT2D eigenvalue weighted by Crippen LogP contribution is -2.15. The second-order valence-electron chi connectivity index (χ2n) is 4.38. The Balaban J connectivity index is 2.17. The summed E-state index contributed by atoms with van der Waals surface area (Å²) in [6.07, 6.45) is 2.78. The van der Waals surface area contributed by atoms with Crippen molar-refractivity contribution < 1.29 is 5.11 Å². The van der Waals surface area contributed by atoms with Gasteiger partial charge in [0, 0.05) is 5.92 Å². The van der Waals surface area contributed by atoms with Crippen molar-refractivity contribution >= 4 is 0 Å². The number of hydrogen-bond donors (Lipinski definition) is 1. The van der Waals surface area contributed by atoms with Crippen molar-refractivity contribution in [3.63, 3.8) is 0 Å².